The molecule has 1 saturated carbocycles. The third-order valence-electron chi connectivity index (χ3n) is 3.28. The molecule has 5 nitrogen and oxygen atoms in total. The van der Waals surface area contributed by atoms with E-state index in [9.17, 15) is 13.2 Å². The van der Waals surface area contributed by atoms with E-state index < -0.39 is 21.0 Å². The summed E-state index contributed by atoms with van der Waals surface area (Å²) < 4.78 is 22.7. The number of nitriles is 1. The SMILES string of the molecule is CC(C(=O)N(CC#N)C1CCCC1)S(C)(=O)=O. The Morgan fingerprint density at radius 3 is 2.41 bits per heavy atom. The molecule has 0 aromatic rings. The molecule has 6 heteroatoms. The third-order valence-corrected chi connectivity index (χ3v) is 4.77. The van der Waals surface area contributed by atoms with E-state index in [1.54, 1.807) is 0 Å². The number of hydrogen-bond acceptors (Lipinski definition) is 4. The highest BCUT2D eigenvalue weighted by Gasteiger charge is 2.33. The molecule has 0 aromatic heterocycles. The van der Waals surface area contributed by atoms with E-state index in [-0.39, 0.29) is 12.6 Å². The average Bonchev–Trinajstić information content (AvgIpc) is 2.75. The summed E-state index contributed by atoms with van der Waals surface area (Å²) in [5, 5.41) is 7.68. The average molecular weight is 258 g/mol. The summed E-state index contributed by atoms with van der Waals surface area (Å²) in [7, 11) is -3.40. The largest absolute Gasteiger partial charge is 0.325 e. The first-order valence-electron chi connectivity index (χ1n) is 5.74. The van der Waals surface area contributed by atoms with Gasteiger partial charge in [0.15, 0.2) is 9.84 Å². The van der Waals surface area contributed by atoms with Gasteiger partial charge in [-0.1, -0.05) is 12.8 Å². The molecule has 0 heterocycles. The quantitative estimate of drug-likeness (QED) is 0.696. The Kier molecular flexibility index (Phi) is 4.52. The summed E-state index contributed by atoms with van der Waals surface area (Å²) in [6, 6.07) is 1.98. The van der Waals surface area contributed by atoms with E-state index >= 15 is 0 Å². The first-order valence-corrected chi connectivity index (χ1v) is 7.69. The van der Waals surface area contributed by atoms with Crippen LogP contribution in [0.4, 0.5) is 0 Å². The van der Waals surface area contributed by atoms with Crippen molar-refractivity contribution in [1.29, 1.82) is 5.26 Å². The van der Waals surface area contributed by atoms with Crippen molar-refractivity contribution in [2.24, 2.45) is 0 Å². The summed E-state index contributed by atoms with van der Waals surface area (Å²) >= 11 is 0. The van der Waals surface area contributed by atoms with Gasteiger partial charge >= 0.3 is 0 Å². The molecular weight excluding hydrogens is 240 g/mol. The minimum Gasteiger partial charge on any atom is -0.325 e. The lowest BCUT2D eigenvalue weighted by Crippen LogP contribution is -2.46. The van der Waals surface area contributed by atoms with E-state index in [4.69, 9.17) is 5.26 Å². The molecule has 96 valence electrons. The number of rotatable bonds is 4. The molecule has 0 saturated heterocycles. The monoisotopic (exact) mass is 258 g/mol. The van der Waals surface area contributed by atoms with E-state index in [1.807, 2.05) is 6.07 Å². The van der Waals surface area contributed by atoms with Gasteiger partial charge in [0.05, 0.1) is 6.07 Å². The Labute approximate surface area is 102 Å². The molecule has 1 aliphatic carbocycles. The van der Waals surface area contributed by atoms with Crippen molar-refractivity contribution >= 4 is 15.7 Å². The first kappa shape index (κ1) is 14.0. The van der Waals surface area contributed by atoms with Crippen LogP contribution in [0.15, 0.2) is 0 Å². The molecule has 1 unspecified atom stereocenters. The van der Waals surface area contributed by atoms with Crippen molar-refractivity contribution < 1.29 is 13.2 Å². The summed E-state index contributed by atoms with van der Waals surface area (Å²) in [5.41, 5.74) is 0. The minimum absolute atomic E-state index is 0.0244. The van der Waals surface area contributed by atoms with Gasteiger partial charge in [-0.3, -0.25) is 4.79 Å². The maximum absolute atomic E-state index is 12.1. The third kappa shape index (κ3) is 3.43. The van der Waals surface area contributed by atoms with Crippen LogP contribution in [0.25, 0.3) is 0 Å². The summed E-state index contributed by atoms with van der Waals surface area (Å²) in [5.74, 6) is -0.444. The lowest BCUT2D eigenvalue weighted by atomic mass is 10.2. The highest BCUT2D eigenvalue weighted by molar-refractivity contribution is 7.92. The second kappa shape index (κ2) is 5.50. The molecule has 0 aliphatic heterocycles. The lowest BCUT2D eigenvalue weighted by molar-refractivity contribution is -0.131. The molecule has 0 radical (unpaired) electrons. The van der Waals surface area contributed by atoms with Crippen LogP contribution in [0.3, 0.4) is 0 Å². The fraction of sp³-hybridized carbons (Fsp3) is 0.818. The highest BCUT2D eigenvalue weighted by Crippen LogP contribution is 2.24. The summed E-state index contributed by atoms with van der Waals surface area (Å²) in [6.07, 6.45) is 4.85. The Morgan fingerprint density at radius 1 is 1.47 bits per heavy atom. The number of carbonyl (C=O) groups is 1. The molecule has 1 amide bonds. The zero-order valence-electron chi connectivity index (χ0n) is 10.2. The van der Waals surface area contributed by atoms with Crippen molar-refractivity contribution in [2.75, 3.05) is 12.8 Å². The van der Waals surface area contributed by atoms with Crippen LogP contribution in [0, 0.1) is 11.3 Å². The molecule has 0 N–H and O–H groups in total. The fourth-order valence-corrected chi connectivity index (χ4v) is 2.60. The van der Waals surface area contributed by atoms with Gasteiger partial charge in [-0.15, -0.1) is 0 Å². The molecule has 1 fully saturated rings. The topological polar surface area (TPSA) is 78.2 Å². The smallest absolute Gasteiger partial charge is 0.241 e. The Bertz CT molecular complexity index is 418. The molecule has 0 bridgehead atoms. The number of carbonyl (C=O) groups excluding carboxylic acids is 1. The van der Waals surface area contributed by atoms with E-state index in [2.05, 4.69) is 0 Å². The van der Waals surface area contributed by atoms with Gasteiger partial charge in [0.1, 0.15) is 11.8 Å². The van der Waals surface area contributed by atoms with Crippen LogP contribution in [0.1, 0.15) is 32.6 Å². The van der Waals surface area contributed by atoms with Crippen molar-refractivity contribution in [3.05, 3.63) is 0 Å². The van der Waals surface area contributed by atoms with Crippen LogP contribution in [0.2, 0.25) is 0 Å². The Hall–Kier alpha value is -1.09. The van der Waals surface area contributed by atoms with Gasteiger partial charge in [0, 0.05) is 12.3 Å². The normalized spacial score (nSPS) is 18.6. The Balaban J connectivity index is 2.84. The van der Waals surface area contributed by atoms with Crippen LogP contribution in [0.5, 0.6) is 0 Å². The van der Waals surface area contributed by atoms with Crippen molar-refractivity contribution in [3.8, 4) is 6.07 Å². The highest BCUT2D eigenvalue weighted by atomic mass is 32.2. The zero-order valence-corrected chi connectivity index (χ0v) is 11.0. The van der Waals surface area contributed by atoms with Crippen molar-refractivity contribution in [3.63, 3.8) is 0 Å². The second-order valence-electron chi connectivity index (χ2n) is 4.53. The predicted octanol–water partition coefficient (Wildman–Crippen LogP) is 0.714. The zero-order chi connectivity index (χ0) is 13.1. The number of amides is 1. The van der Waals surface area contributed by atoms with Gasteiger partial charge in [-0.2, -0.15) is 5.26 Å². The van der Waals surface area contributed by atoms with Crippen LogP contribution in [-0.4, -0.2) is 43.3 Å². The minimum atomic E-state index is -3.40. The molecular formula is C11H18N2O3S. The molecule has 0 aromatic carbocycles. The lowest BCUT2D eigenvalue weighted by Gasteiger charge is -2.28. The second-order valence-corrected chi connectivity index (χ2v) is 6.90. The van der Waals surface area contributed by atoms with Crippen molar-refractivity contribution in [2.45, 2.75) is 43.9 Å². The van der Waals surface area contributed by atoms with E-state index in [0.717, 1.165) is 31.9 Å². The molecule has 0 spiro atoms. The van der Waals surface area contributed by atoms with Gasteiger partial charge in [0.2, 0.25) is 5.91 Å². The fourth-order valence-electron chi connectivity index (χ4n) is 2.10. The van der Waals surface area contributed by atoms with Gasteiger partial charge in [0.25, 0.3) is 0 Å². The number of hydrogen-bond donors (Lipinski definition) is 0. The molecule has 1 atom stereocenters. The number of sulfone groups is 1. The first-order chi connectivity index (χ1) is 7.88. The van der Waals surface area contributed by atoms with Crippen molar-refractivity contribution in [1.82, 2.24) is 4.90 Å². The molecule has 1 rings (SSSR count). The van der Waals surface area contributed by atoms with E-state index in [0.29, 0.717) is 0 Å². The molecule has 1 aliphatic rings. The van der Waals surface area contributed by atoms with Gasteiger partial charge in [-0.05, 0) is 19.8 Å². The van der Waals surface area contributed by atoms with Gasteiger partial charge < -0.3 is 4.90 Å². The Morgan fingerprint density at radius 2 is 2.00 bits per heavy atom. The maximum Gasteiger partial charge on any atom is 0.241 e. The maximum atomic E-state index is 12.1. The summed E-state index contributed by atoms with van der Waals surface area (Å²) in [6.45, 7) is 1.36. The van der Waals surface area contributed by atoms with Crippen LogP contribution in [-0.2, 0) is 14.6 Å². The van der Waals surface area contributed by atoms with Crippen LogP contribution < -0.4 is 0 Å². The molecule has 17 heavy (non-hydrogen) atoms. The standard InChI is InChI=1S/C11H18N2O3S/c1-9(17(2,15)16)11(14)13(8-7-12)10-5-3-4-6-10/h9-10H,3-6,8H2,1-2H3. The summed E-state index contributed by atoms with van der Waals surface area (Å²) in [4.78, 5) is 13.5. The number of nitrogens with zero attached hydrogens (tertiary/aromatic N) is 2. The van der Waals surface area contributed by atoms with E-state index in [1.165, 1.54) is 11.8 Å². The van der Waals surface area contributed by atoms with Crippen LogP contribution >= 0.6 is 0 Å². The predicted molar refractivity (Wildman–Crippen MR) is 63.9 cm³/mol. The van der Waals surface area contributed by atoms with Gasteiger partial charge in [-0.25, -0.2) is 8.42 Å².